The summed E-state index contributed by atoms with van der Waals surface area (Å²) in [5, 5.41) is 0. The number of carbonyl (C=O) groups excluding carboxylic acids is 1. The molecule has 2 unspecified atom stereocenters. The maximum absolute atomic E-state index is 13.5. The number of likely N-dealkylation sites (N-methyl/N-ethyl adjacent to an activating group) is 1. The van der Waals surface area contributed by atoms with Gasteiger partial charge in [0.15, 0.2) is 6.10 Å². The first kappa shape index (κ1) is 37.5. The second-order valence-electron chi connectivity index (χ2n) is 11.4. The number of rotatable bonds is 8. The zero-order valence-corrected chi connectivity index (χ0v) is 27.4. The number of hydrogen-bond donors (Lipinski definition) is 0. The number of aryl methyl sites for hydroxylation is 1. The van der Waals surface area contributed by atoms with Crippen molar-refractivity contribution in [2.75, 3.05) is 33.8 Å². The normalized spacial score (nSPS) is 19.9. The summed E-state index contributed by atoms with van der Waals surface area (Å²) in [6.45, 7) is 15.4. The van der Waals surface area contributed by atoms with Gasteiger partial charge in [-0.15, -0.1) is 0 Å². The largest absolute Gasteiger partial charge is 0.498 e. The molecule has 0 spiro atoms. The first-order valence-electron chi connectivity index (χ1n) is 15.7. The Morgan fingerprint density at radius 1 is 1.12 bits per heavy atom. The van der Waals surface area contributed by atoms with Gasteiger partial charge in [0, 0.05) is 31.6 Å². The molecular formula is C35H56F2N2O3. The summed E-state index contributed by atoms with van der Waals surface area (Å²) in [7, 11) is 3.20. The third-order valence-corrected chi connectivity index (χ3v) is 7.97. The van der Waals surface area contributed by atoms with Crippen molar-refractivity contribution in [3.63, 3.8) is 0 Å². The smallest absolute Gasteiger partial charge is 0.209 e. The number of carbonyl (C=O) groups is 1. The fourth-order valence-corrected chi connectivity index (χ4v) is 5.61. The summed E-state index contributed by atoms with van der Waals surface area (Å²) < 4.78 is 30.2. The van der Waals surface area contributed by atoms with E-state index in [-0.39, 0.29) is 5.82 Å². The van der Waals surface area contributed by atoms with E-state index in [2.05, 4.69) is 16.8 Å². The van der Waals surface area contributed by atoms with Gasteiger partial charge in [-0.3, -0.25) is 4.79 Å². The highest BCUT2D eigenvalue weighted by Gasteiger charge is 2.26. The van der Waals surface area contributed by atoms with E-state index < -0.39 is 6.10 Å². The van der Waals surface area contributed by atoms with Gasteiger partial charge in [0.2, 0.25) is 6.41 Å². The van der Waals surface area contributed by atoms with Crippen molar-refractivity contribution in [1.82, 2.24) is 9.80 Å². The van der Waals surface area contributed by atoms with Crippen molar-refractivity contribution in [1.29, 1.82) is 0 Å². The van der Waals surface area contributed by atoms with Gasteiger partial charge in [-0.05, 0) is 94.6 Å². The molecule has 1 aromatic carbocycles. The van der Waals surface area contributed by atoms with Crippen LogP contribution >= 0.6 is 0 Å². The third-order valence-electron chi connectivity index (χ3n) is 7.97. The number of likely N-dealkylation sites (tertiary alicyclic amines) is 1. The Balaban J connectivity index is 0.000000310. The van der Waals surface area contributed by atoms with E-state index in [1.807, 2.05) is 46.8 Å². The highest BCUT2D eigenvalue weighted by atomic mass is 19.3. The zero-order valence-electron chi connectivity index (χ0n) is 27.4. The number of nitrogens with zero attached hydrogens (tertiary/aromatic N) is 2. The molecular weight excluding hydrogens is 534 g/mol. The molecule has 42 heavy (non-hydrogen) atoms. The Morgan fingerprint density at radius 2 is 1.76 bits per heavy atom. The molecule has 0 bridgehead atoms. The monoisotopic (exact) mass is 590 g/mol. The Morgan fingerprint density at radius 3 is 2.31 bits per heavy atom. The first-order valence-corrected chi connectivity index (χ1v) is 15.7. The number of halogens is 2. The van der Waals surface area contributed by atoms with E-state index in [0.717, 1.165) is 35.1 Å². The van der Waals surface area contributed by atoms with Crippen LogP contribution in [0, 0.1) is 18.7 Å². The molecule has 1 saturated carbocycles. The highest BCUT2D eigenvalue weighted by molar-refractivity contribution is 5.55. The molecule has 1 saturated heterocycles. The third kappa shape index (κ3) is 13.6. The average Bonchev–Trinajstić information content (AvgIpc) is 3.55. The van der Waals surface area contributed by atoms with Crippen LogP contribution in [0.2, 0.25) is 0 Å². The van der Waals surface area contributed by atoms with Crippen molar-refractivity contribution in [2.45, 2.75) is 105 Å². The zero-order chi connectivity index (χ0) is 31.5. The van der Waals surface area contributed by atoms with Gasteiger partial charge >= 0.3 is 0 Å². The quantitative estimate of drug-likeness (QED) is 0.284. The molecule has 1 heterocycles. The molecule has 2 fully saturated rings. The molecule has 0 radical (unpaired) electrons. The molecule has 2 atom stereocenters. The lowest BCUT2D eigenvalue weighted by atomic mass is 9.84. The second-order valence-corrected chi connectivity index (χ2v) is 11.4. The summed E-state index contributed by atoms with van der Waals surface area (Å²) >= 11 is 0. The van der Waals surface area contributed by atoms with Crippen LogP contribution in [0.15, 0.2) is 47.3 Å². The van der Waals surface area contributed by atoms with Crippen molar-refractivity contribution >= 4 is 12.5 Å². The minimum Gasteiger partial charge on any atom is -0.498 e. The number of ether oxygens (including phenoxy) is 1. The van der Waals surface area contributed by atoms with E-state index in [1.165, 1.54) is 76.1 Å². The SMILES string of the molecule is C/C(=C\c1ccc(C)cc1F)CN(C)C=O.CC.CC(C1CCCCC1)N1CCCC1.COC1=CC(C)=CCC1OF. The van der Waals surface area contributed by atoms with Gasteiger partial charge < -0.3 is 14.5 Å². The molecule has 2 aliphatic carbocycles. The second kappa shape index (κ2) is 21.2. The van der Waals surface area contributed by atoms with Gasteiger partial charge in [-0.2, -0.15) is 4.94 Å². The van der Waals surface area contributed by atoms with E-state index in [9.17, 15) is 13.7 Å². The number of hydrogen-bond acceptors (Lipinski definition) is 4. The predicted molar refractivity (Wildman–Crippen MR) is 171 cm³/mol. The maximum Gasteiger partial charge on any atom is 0.209 e. The standard InChI is InChI=1S/C13H16FNO.C12H23N.C8H11FO2.C2H6/c1-10-4-5-12(13(14)7-10)6-11(2)8-15(3)9-16;1-11(13-9-5-6-10-13)12-7-3-2-4-8-12;1-6-3-4-7(11-9)8(5-6)10-2;1-2/h4-7,9H,8H2,1-3H3;11-12H,2-10H2,1H3;3,5,7H,4H2,1-2H3;1-2H3/b11-6+;;;. The number of methoxy groups -OCH3 is 1. The van der Waals surface area contributed by atoms with Crippen molar-refractivity contribution in [2.24, 2.45) is 5.92 Å². The Labute approximate surface area is 254 Å². The lowest BCUT2D eigenvalue weighted by Gasteiger charge is -2.34. The molecule has 0 N–H and O–H groups in total. The summed E-state index contributed by atoms with van der Waals surface area (Å²) in [5.41, 5.74) is 3.48. The van der Waals surface area contributed by atoms with E-state index in [4.69, 9.17) is 4.74 Å². The number of amides is 1. The van der Waals surface area contributed by atoms with Crippen LogP contribution in [-0.4, -0.2) is 62.1 Å². The summed E-state index contributed by atoms with van der Waals surface area (Å²) in [5.74, 6) is 1.34. The maximum atomic E-state index is 13.5. The minimum atomic E-state index is -0.552. The van der Waals surface area contributed by atoms with E-state index in [0.29, 0.717) is 24.3 Å². The van der Waals surface area contributed by atoms with Crippen molar-refractivity contribution in [3.05, 3.63) is 64.2 Å². The summed E-state index contributed by atoms with van der Waals surface area (Å²) in [4.78, 5) is 18.4. The molecule has 0 aromatic heterocycles. The van der Waals surface area contributed by atoms with Crippen LogP contribution in [0.1, 0.15) is 97.1 Å². The summed E-state index contributed by atoms with van der Waals surface area (Å²) in [6.07, 6.45) is 16.5. The lowest BCUT2D eigenvalue weighted by molar-refractivity contribution is -0.175. The van der Waals surface area contributed by atoms with Crippen molar-refractivity contribution < 1.29 is 23.4 Å². The lowest BCUT2D eigenvalue weighted by Crippen LogP contribution is -2.37. The van der Waals surface area contributed by atoms with Crippen LogP contribution in [-0.2, 0) is 14.5 Å². The molecule has 1 aromatic rings. The van der Waals surface area contributed by atoms with E-state index in [1.54, 1.807) is 25.3 Å². The summed E-state index contributed by atoms with van der Waals surface area (Å²) in [6, 6.07) is 5.99. The number of allylic oxidation sites excluding steroid dienone is 2. The average molecular weight is 591 g/mol. The van der Waals surface area contributed by atoms with Gasteiger partial charge in [0.05, 0.1) is 7.11 Å². The van der Waals surface area contributed by atoms with Gasteiger partial charge in [0.25, 0.3) is 0 Å². The van der Waals surface area contributed by atoms with Crippen LogP contribution in [0.25, 0.3) is 6.08 Å². The fourth-order valence-electron chi connectivity index (χ4n) is 5.61. The molecule has 4 rings (SSSR count). The molecule has 1 aliphatic heterocycles. The Kier molecular flexibility index (Phi) is 19.0. The molecule has 1 amide bonds. The molecule has 3 aliphatic rings. The molecule has 238 valence electrons. The predicted octanol–water partition coefficient (Wildman–Crippen LogP) is 8.84. The van der Waals surface area contributed by atoms with Gasteiger partial charge in [-0.25, -0.2) is 4.39 Å². The fraction of sp³-hybridized carbons (Fsp3) is 0.629. The Bertz CT molecular complexity index is 996. The highest BCUT2D eigenvalue weighted by Crippen LogP contribution is 2.30. The van der Waals surface area contributed by atoms with Gasteiger partial charge in [-0.1, -0.05) is 68.5 Å². The van der Waals surface area contributed by atoms with Gasteiger partial charge in [0.1, 0.15) is 11.6 Å². The topological polar surface area (TPSA) is 42.0 Å². The van der Waals surface area contributed by atoms with E-state index >= 15 is 0 Å². The van der Waals surface area contributed by atoms with Crippen molar-refractivity contribution in [3.8, 4) is 0 Å². The minimum absolute atomic E-state index is 0.229. The molecule has 5 nitrogen and oxygen atoms in total. The van der Waals surface area contributed by atoms with Crippen LogP contribution in [0.3, 0.4) is 0 Å². The van der Waals surface area contributed by atoms with Crippen LogP contribution in [0.4, 0.5) is 8.92 Å². The van der Waals surface area contributed by atoms with Crippen LogP contribution in [0.5, 0.6) is 0 Å². The first-order chi connectivity index (χ1) is 20.2. The Hall–Kier alpha value is -2.51. The number of benzene rings is 1. The van der Waals surface area contributed by atoms with Crippen LogP contribution < -0.4 is 0 Å². The molecule has 7 heteroatoms.